The minimum atomic E-state index is -0.449. The van der Waals surface area contributed by atoms with Crippen molar-refractivity contribution in [2.24, 2.45) is 0 Å². The monoisotopic (exact) mass is 327 g/mol. The van der Waals surface area contributed by atoms with E-state index in [4.69, 9.17) is 16.3 Å². The van der Waals surface area contributed by atoms with E-state index in [1.54, 1.807) is 18.2 Å². The Labute approximate surface area is 133 Å². The maximum atomic E-state index is 11.9. The fourth-order valence-electron chi connectivity index (χ4n) is 2.94. The average Bonchev–Trinajstić information content (AvgIpc) is 2.88. The fourth-order valence-corrected chi connectivity index (χ4v) is 3.22. The molecule has 21 heavy (non-hydrogen) atoms. The maximum Gasteiger partial charge on any atom is 0.338 e. The molecule has 0 aliphatic carbocycles. The zero-order valence-electron chi connectivity index (χ0n) is 11.4. The third-order valence-corrected chi connectivity index (χ3v) is 4.21. The molecule has 112 valence electrons. The Bertz CT molecular complexity index is 703. The quantitative estimate of drug-likeness (QED) is 0.417. The second-order valence-electron chi connectivity index (χ2n) is 4.91. The molecule has 1 heterocycles. The molecule has 3 N–H and O–H groups in total. The first-order valence-electron chi connectivity index (χ1n) is 6.43. The molecule has 3 rings (SSSR count). The van der Waals surface area contributed by atoms with Crippen LogP contribution in [0.2, 0.25) is 0 Å². The first-order valence-corrected chi connectivity index (χ1v) is 6.97. The molecule has 0 saturated carbocycles. The van der Waals surface area contributed by atoms with Crippen LogP contribution in [0, 0.1) is 0 Å². The summed E-state index contributed by atoms with van der Waals surface area (Å²) in [5, 5.41) is 13.8. The van der Waals surface area contributed by atoms with Crippen LogP contribution in [0.5, 0.6) is 5.75 Å². The van der Waals surface area contributed by atoms with E-state index in [0.29, 0.717) is 16.8 Å². The molecule has 4 nitrogen and oxygen atoms in total. The van der Waals surface area contributed by atoms with Crippen LogP contribution in [0.15, 0.2) is 24.3 Å². The number of esters is 1. The number of rotatable bonds is 2. The molecule has 0 saturated heterocycles. The number of fused-ring (bicyclic) bond motifs is 3. The first-order chi connectivity index (χ1) is 9.67. The Morgan fingerprint density at radius 1 is 1.52 bits per heavy atom. The molecule has 1 atom stereocenters. The summed E-state index contributed by atoms with van der Waals surface area (Å²) < 4.78 is 4.79. The Hall–Kier alpha value is -1.49. The van der Waals surface area contributed by atoms with Crippen molar-refractivity contribution in [3.8, 4) is 5.75 Å². The van der Waals surface area contributed by atoms with Crippen LogP contribution in [0.1, 0.15) is 21.8 Å². The number of alkyl halides is 1. The minimum absolute atomic E-state index is 0. The summed E-state index contributed by atoms with van der Waals surface area (Å²) in [4.78, 5) is 11.9. The van der Waals surface area contributed by atoms with Crippen LogP contribution in [-0.2, 0) is 4.74 Å². The Morgan fingerprint density at radius 2 is 2.29 bits per heavy atom. The van der Waals surface area contributed by atoms with Gasteiger partial charge < -0.3 is 27.6 Å². The molecule has 0 spiro atoms. The molecular formula is C15H15Cl2NO3. The van der Waals surface area contributed by atoms with Gasteiger partial charge in [0, 0.05) is 22.9 Å². The molecule has 6 heteroatoms. The second kappa shape index (κ2) is 6.10. The minimum Gasteiger partial charge on any atom is -1.00 e. The molecule has 0 unspecified atom stereocenters. The zero-order valence-corrected chi connectivity index (χ0v) is 12.9. The van der Waals surface area contributed by atoms with Gasteiger partial charge in [-0.2, -0.15) is 0 Å². The molecule has 1 aliphatic rings. The van der Waals surface area contributed by atoms with Gasteiger partial charge in [0.25, 0.3) is 0 Å². The summed E-state index contributed by atoms with van der Waals surface area (Å²) in [5.74, 6) is 0.398. The molecule has 0 fully saturated rings. The number of benzene rings is 2. The summed E-state index contributed by atoms with van der Waals surface area (Å²) in [6, 6.07) is 7.09. The maximum absolute atomic E-state index is 11.9. The molecule has 0 amide bonds. The highest BCUT2D eigenvalue weighted by Gasteiger charge is 2.30. The predicted octanol–water partition coefficient (Wildman–Crippen LogP) is -1.13. The third-order valence-electron chi connectivity index (χ3n) is 3.84. The molecular weight excluding hydrogens is 313 g/mol. The number of halogens is 2. The number of hydrogen-bond donors (Lipinski definition) is 2. The van der Waals surface area contributed by atoms with Gasteiger partial charge in [-0.05, 0) is 11.5 Å². The standard InChI is InChI=1S/C15H14ClNO3.ClH/c1-20-15(19)10-4-2-3-9-13-8(6-16)7-17-11(13)5-12(18)14(9)10;/h2-5,8,17-18H,6-7H2,1H3;1H/t8-;/m1./s1. The highest BCUT2D eigenvalue weighted by molar-refractivity contribution is 6.18. The van der Waals surface area contributed by atoms with Crippen LogP contribution < -0.4 is 17.7 Å². The van der Waals surface area contributed by atoms with E-state index in [1.807, 2.05) is 6.07 Å². The number of aromatic hydroxyl groups is 1. The number of phenolic OH excluding ortho intramolecular Hbond substituents is 1. The van der Waals surface area contributed by atoms with Crippen LogP contribution in [-0.4, -0.2) is 30.6 Å². The van der Waals surface area contributed by atoms with Crippen LogP contribution in [0.3, 0.4) is 0 Å². The Morgan fingerprint density at radius 3 is 2.95 bits per heavy atom. The van der Waals surface area contributed by atoms with E-state index in [9.17, 15) is 9.90 Å². The van der Waals surface area contributed by atoms with E-state index in [0.717, 1.165) is 23.2 Å². The number of nitrogens with two attached hydrogens (primary N) is 1. The topological polar surface area (TPSA) is 63.1 Å². The van der Waals surface area contributed by atoms with Gasteiger partial charge >= 0.3 is 5.97 Å². The third kappa shape index (κ3) is 2.44. The van der Waals surface area contributed by atoms with Gasteiger partial charge in [0.15, 0.2) is 0 Å². The lowest BCUT2D eigenvalue weighted by molar-refractivity contribution is -0.563. The summed E-state index contributed by atoms with van der Waals surface area (Å²) in [5.41, 5.74) is 2.49. The van der Waals surface area contributed by atoms with Crippen molar-refractivity contribution in [3.63, 3.8) is 0 Å². The van der Waals surface area contributed by atoms with Gasteiger partial charge in [-0.25, -0.2) is 4.79 Å². The lowest BCUT2D eigenvalue weighted by Gasteiger charge is -2.11. The molecule has 0 radical (unpaired) electrons. The van der Waals surface area contributed by atoms with Crippen LogP contribution in [0.4, 0.5) is 5.69 Å². The number of methoxy groups -OCH3 is 1. The van der Waals surface area contributed by atoms with Crippen LogP contribution in [0.25, 0.3) is 10.8 Å². The molecule has 0 bridgehead atoms. The lowest BCUT2D eigenvalue weighted by Crippen LogP contribution is -3.00. The fraction of sp³-hybridized carbons (Fsp3) is 0.267. The molecule has 1 aliphatic heterocycles. The number of ether oxygens (including phenoxy) is 1. The first kappa shape index (κ1) is 15.9. The Balaban J connectivity index is 0.00000161. The van der Waals surface area contributed by atoms with E-state index in [-0.39, 0.29) is 24.1 Å². The molecule has 0 aromatic heterocycles. The Kier molecular flexibility index (Phi) is 4.61. The van der Waals surface area contributed by atoms with Crippen molar-refractivity contribution in [1.29, 1.82) is 0 Å². The number of quaternary nitrogens is 1. The van der Waals surface area contributed by atoms with Gasteiger partial charge in [-0.15, -0.1) is 11.6 Å². The van der Waals surface area contributed by atoms with Crippen molar-refractivity contribution in [2.45, 2.75) is 5.92 Å². The lowest BCUT2D eigenvalue weighted by atomic mass is 9.93. The van der Waals surface area contributed by atoms with E-state index >= 15 is 0 Å². The van der Waals surface area contributed by atoms with Gasteiger partial charge in [0.05, 0.1) is 25.1 Å². The number of hydrogen-bond acceptors (Lipinski definition) is 3. The summed E-state index contributed by atoms with van der Waals surface area (Å²) in [6.07, 6.45) is 0. The summed E-state index contributed by atoms with van der Waals surface area (Å²) >= 11 is 6.03. The number of phenols is 1. The molecule has 2 aromatic carbocycles. The van der Waals surface area contributed by atoms with E-state index in [1.165, 1.54) is 7.11 Å². The number of carbonyl (C=O) groups is 1. The predicted molar refractivity (Wildman–Crippen MR) is 76.9 cm³/mol. The normalized spacial score (nSPS) is 16.4. The van der Waals surface area contributed by atoms with Gasteiger partial charge in [-0.1, -0.05) is 12.1 Å². The summed E-state index contributed by atoms with van der Waals surface area (Å²) in [6.45, 7) is 0.861. The van der Waals surface area contributed by atoms with Crippen molar-refractivity contribution in [2.75, 3.05) is 19.5 Å². The second-order valence-corrected chi connectivity index (χ2v) is 5.22. The summed E-state index contributed by atoms with van der Waals surface area (Å²) in [7, 11) is 1.33. The van der Waals surface area contributed by atoms with Gasteiger partial charge in [-0.3, -0.25) is 0 Å². The van der Waals surface area contributed by atoms with Gasteiger partial charge in [0.1, 0.15) is 11.4 Å². The van der Waals surface area contributed by atoms with Crippen molar-refractivity contribution in [1.82, 2.24) is 0 Å². The van der Waals surface area contributed by atoms with Crippen LogP contribution >= 0.6 is 11.6 Å². The SMILES string of the molecule is COC(=O)c1cccc2c3c(cc(O)c12)[NH2+]C[C@H]3CCl.[Cl-]. The smallest absolute Gasteiger partial charge is 0.338 e. The highest BCUT2D eigenvalue weighted by Crippen LogP contribution is 2.40. The van der Waals surface area contributed by atoms with Gasteiger partial charge in [0.2, 0.25) is 0 Å². The molecule has 2 aromatic rings. The highest BCUT2D eigenvalue weighted by atomic mass is 35.5. The van der Waals surface area contributed by atoms with E-state index < -0.39 is 5.97 Å². The average molecular weight is 328 g/mol. The van der Waals surface area contributed by atoms with E-state index in [2.05, 4.69) is 5.32 Å². The number of carbonyl (C=O) groups excluding carboxylic acids is 1. The largest absolute Gasteiger partial charge is 1.00 e. The van der Waals surface area contributed by atoms with Crippen molar-refractivity contribution < 1.29 is 32.4 Å². The van der Waals surface area contributed by atoms with Crippen molar-refractivity contribution >= 4 is 34.0 Å². The van der Waals surface area contributed by atoms with Crippen molar-refractivity contribution in [3.05, 3.63) is 35.4 Å². The zero-order chi connectivity index (χ0) is 14.3.